The molecule has 2 aliphatic heterocycles. The number of aromatic nitrogens is 1. The number of carbonyl (C=O) groups is 3. The molecule has 2 aliphatic carbocycles. The second-order valence-corrected chi connectivity index (χ2v) is 16.6. The number of ether oxygens (including phenoxy) is 1. The molecule has 1 saturated heterocycles. The molecule has 0 radical (unpaired) electrons. The Morgan fingerprint density at radius 1 is 1.06 bits per heavy atom. The molecule has 0 bridgehead atoms. The number of carbonyl (C=O) groups excluding carboxylic acids is 3. The maximum absolute atomic E-state index is 14.5. The number of pyridine rings is 1. The van der Waals surface area contributed by atoms with E-state index in [1.165, 1.54) is 11.0 Å². The lowest BCUT2D eigenvalue weighted by Gasteiger charge is -2.30. The number of nitrogens with zero attached hydrogens (tertiary/aromatic N) is 2. The zero-order valence-corrected chi connectivity index (χ0v) is 29.1. The Labute approximate surface area is 295 Å². The number of hydrogen-bond donors (Lipinski definition) is 3. The fourth-order valence-electron chi connectivity index (χ4n) is 7.08. The van der Waals surface area contributed by atoms with E-state index in [1.54, 1.807) is 13.1 Å². The minimum atomic E-state index is -3.99. The molecule has 2 saturated carbocycles. The average molecular weight is 722 g/mol. The van der Waals surface area contributed by atoms with Crippen LogP contribution in [0.3, 0.4) is 0 Å². The van der Waals surface area contributed by atoms with Crippen molar-refractivity contribution in [3.8, 4) is 5.88 Å². The summed E-state index contributed by atoms with van der Waals surface area (Å²) in [6.45, 7) is 1.59. The zero-order valence-electron chi connectivity index (χ0n) is 28.2. The molecular weight excluding hydrogens is 680 g/mol. The summed E-state index contributed by atoms with van der Waals surface area (Å²) in [6, 6.07) is 10.7. The number of rotatable bonds is 7. The van der Waals surface area contributed by atoms with E-state index in [9.17, 15) is 31.6 Å². The van der Waals surface area contributed by atoms with Gasteiger partial charge < -0.3 is 20.3 Å². The van der Waals surface area contributed by atoms with Gasteiger partial charge in [0.15, 0.2) is 11.6 Å². The molecule has 11 nitrogen and oxygen atoms in total. The van der Waals surface area contributed by atoms with Crippen LogP contribution in [-0.4, -0.2) is 71.0 Å². The Morgan fingerprint density at radius 3 is 2.65 bits per heavy atom. The number of benzene rings is 2. The minimum Gasteiger partial charge on any atom is -0.472 e. The Hall–Kier alpha value is -4.59. The van der Waals surface area contributed by atoms with Crippen molar-refractivity contribution < 1.29 is 36.3 Å². The zero-order chi connectivity index (χ0) is 36.0. The van der Waals surface area contributed by atoms with Gasteiger partial charge in [-0.2, -0.15) is 0 Å². The summed E-state index contributed by atoms with van der Waals surface area (Å²) in [6.07, 6.45) is 9.10. The van der Waals surface area contributed by atoms with Crippen LogP contribution in [0.25, 0.3) is 10.8 Å². The molecule has 3 fully saturated rings. The summed E-state index contributed by atoms with van der Waals surface area (Å²) < 4.78 is 61.7. The molecule has 0 spiro atoms. The van der Waals surface area contributed by atoms with Gasteiger partial charge in [0.25, 0.3) is 5.91 Å². The van der Waals surface area contributed by atoms with Crippen molar-refractivity contribution in [3.05, 3.63) is 78.5 Å². The Morgan fingerprint density at radius 2 is 1.86 bits per heavy atom. The third kappa shape index (κ3) is 7.02. The average Bonchev–Trinajstić information content (AvgIpc) is 3.98. The minimum absolute atomic E-state index is 0.00699. The number of nitrogens with one attached hydrogen (secondary N) is 3. The van der Waals surface area contributed by atoms with Crippen LogP contribution >= 0.6 is 0 Å². The lowest BCUT2D eigenvalue weighted by atomic mass is 10.0. The van der Waals surface area contributed by atoms with Gasteiger partial charge in [-0.25, -0.2) is 22.2 Å². The van der Waals surface area contributed by atoms with Crippen molar-refractivity contribution in [2.24, 2.45) is 5.92 Å². The summed E-state index contributed by atoms with van der Waals surface area (Å²) in [5, 5.41) is 7.60. The van der Waals surface area contributed by atoms with Crippen LogP contribution in [0, 0.1) is 17.6 Å². The molecule has 14 heteroatoms. The van der Waals surface area contributed by atoms with E-state index >= 15 is 0 Å². The van der Waals surface area contributed by atoms with E-state index in [-0.39, 0.29) is 25.1 Å². The van der Waals surface area contributed by atoms with Gasteiger partial charge in [-0.05, 0) is 75.1 Å². The fraction of sp³-hybridized carbons (Fsp3) is 0.459. The smallest absolute Gasteiger partial charge is 0.259 e. The van der Waals surface area contributed by atoms with E-state index < -0.39 is 73.8 Å². The van der Waals surface area contributed by atoms with E-state index in [4.69, 9.17) is 4.74 Å². The molecule has 5 atom stereocenters. The van der Waals surface area contributed by atoms with Gasteiger partial charge in [0.05, 0.1) is 11.3 Å². The number of allylic oxidation sites excluding steroid dienone is 1. The highest BCUT2D eigenvalue weighted by atomic mass is 32.2. The maximum atomic E-state index is 14.5. The summed E-state index contributed by atoms with van der Waals surface area (Å²) in [5.74, 6) is -4.05. The summed E-state index contributed by atoms with van der Waals surface area (Å²) in [7, 11) is -3.99. The quantitative estimate of drug-likeness (QED) is 0.297. The van der Waals surface area contributed by atoms with Crippen LogP contribution in [0.2, 0.25) is 0 Å². The van der Waals surface area contributed by atoms with Gasteiger partial charge in [0, 0.05) is 35.7 Å². The summed E-state index contributed by atoms with van der Waals surface area (Å²) in [4.78, 5) is 48.4. The normalized spacial score (nSPS) is 28.3. The van der Waals surface area contributed by atoms with Gasteiger partial charge in [-0.15, -0.1) is 0 Å². The Kier molecular flexibility index (Phi) is 9.23. The highest BCUT2D eigenvalue weighted by Crippen LogP contribution is 2.47. The number of fused-ring (bicyclic) bond motifs is 3. The number of anilines is 1. The highest BCUT2D eigenvalue weighted by molar-refractivity contribution is 7.91. The molecule has 3 N–H and O–H groups in total. The van der Waals surface area contributed by atoms with Crippen molar-refractivity contribution in [2.45, 2.75) is 93.2 Å². The summed E-state index contributed by atoms with van der Waals surface area (Å²) in [5.41, 5.74) is -1.30. The summed E-state index contributed by atoms with van der Waals surface area (Å²) >= 11 is 0. The van der Waals surface area contributed by atoms with Crippen LogP contribution in [0.1, 0.15) is 64.7 Å². The molecule has 2 aromatic carbocycles. The standard InChI is InChI=1S/C37H41F2N5O6S/c1-36(16-17-36)51(48,49)43-35(47)37-21-24(37)10-5-3-2-4-6-12-30(41-25-13-14-28(38)29(39)19-25)34(46)44-22-26(20-31(44)32(45)42-37)50-33-27-11-8-7-9-23(27)15-18-40-33/h5,7-11,13-15,18-19,24,26,30-31,41H,2-4,6,12,16-17,20-22H2,1H3,(H,42,45)(H,43,47)/b10-5-/t24-,26+,30-,31-,37+/m0/s1. The van der Waals surface area contributed by atoms with Crippen LogP contribution in [0.5, 0.6) is 5.88 Å². The molecule has 3 heterocycles. The molecule has 51 heavy (non-hydrogen) atoms. The second-order valence-electron chi connectivity index (χ2n) is 14.4. The first-order valence-corrected chi connectivity index (χ1v) is 19.0. The fourth-order valence-corrected chi connectivity index (χ4v) is 8.39. The van der Waals surface area contributed by atoms with Gasteiger partial charge in [0.1, 0.15) is 23.7 Å². The molecule has 7 rings (SSSR count). The van der Waals surface area contributed by atoms with Crippen LogP contribution in [-0.2, 0) is 24.4 Å². The lowest BCUT2D eigenvalue weighted by Crippen LogP contribution is -2.58. The van der Waals surface area contributed by atoms with Crippen molar-refractivity contribution in [3.63, 3.8) is 0 Å². The maximum Gasteiger partial charge on any atom is 0.259 e. The van der Waals surface area contributed by atoms with Gasteiger partial charge >= 0.3 is 0 Å². The van der Waals surface area contributed by atoms with Gasteiger partial charge in [-0.1, -0.05) is 43.2 Å². The Balaban J connectivity index is 1.20. The van der Waals surface area contributed by atoms with E-state index in [2.05, 4.69) is 20.3 Å². The number of sulfonamides is 1. The highest BCUT2D eigenvalue weighted by Gasteiger charge is 2.63. The van der Waals surface area contributed by atoms with Crippen molar-refractivity contribution >= 4 is 44.2 Å². The molecule has 4 aliphatic rings. The predicted molar refractivity (Wildman–Crippen MR) is 186 cm³/mol. The van der Waals surface area contributed by atoms with Gasteiger partial charge in [0.2, 0.25) is 27.7 Å². The predicted octanol–water partition coefficient (Wildman–Crippen LogP) is 4.74. The van der Waals surface area contributed by atoms with Gasteiger partial charge in [-0.3, -0.25) is 19.1 Å². The van der Waals surface area contributed by atoms with Crippen molar-refractivity contribution in [2.75, 3.05) is 11.9 Å². The van der Waals surface area contributed by atoms with Crippen molar-refractivity contribution in [1.82, 2.24) is 19.9 Å². The topological polar surface area (TPSA) is 147 Å². The molecule has 3 aromatic rings. The SMILES string of the molecule is CC1(S(=O)(=O)NC(=O)[C@@]23C[C@@H]2/C=C\CCCCC[C@H](Nc2ccc(F)c(F)c2)C(=O)N2C[C@H](Oc4nccc5ccccc45)C[C@H]2C(=O)N3)CC1. The molecule has 270 valence electrons. The molecular formula is C37H41F2N5O6S. The number of amides is 3. The van der Waals surface area contributed by atoms with E-state index in [1.807, 2.05) is 42.5 Å². The van der Waals surface area contributed by atoms with Crippen LogP contribution < -0.4 is 20.1 Å². The van der Waals surface area contributed by atoms with Crippen LogP contribution in [0.15, 0.2) is 66.9 Å². The monoisotopic (exact) mass is 721 g/mol. The third-order valence-corrected chi connectivity index (χ3v) is 12.8. The van der Waals surface area contributed by atoms with E-state index in [0.29, 0.717) is 38.0 Å². The molecule has 3 amide bonds. The number of hydrogen-bond acceptors (Lipinski definition) is 8. The van der Waals surface area contributed by atoms with Crippen molar-refractivity contribution in [1.29, 1.82) is 0 Å². The largest absolute Gasteiger partial charge is 0.472 e. The molecule has 0 unspecified atom stereocenters. The van der Waals surface area contributed by atoms with Crippen LogP contribution in [0.4, 0.5) is 14.5 Å². The lowest BCUT2D eigenvalue weighted by molar-refractivity contribution is -0.140. The Bertz CT molecular complexity index is 2000. The first kappa shape index (κ1) is 34.8. The third-order valence-electron chi connectivity index (χ3n) is 10.7. The second kappa shape index (κ2) is 13.5. The molecule has 1 aromatic heterocycles. The first-order chi connectivity index (χ1) is 24.4. The first-order valence-electron chi connectivity index (χ1n) is 17.5. The van der Waals surface area contributed by atoms with E-state index in [0.717, 1.165) is 35.7 Å². The number of halogens is 2.